The summed E-state index contributed by atoms with van der Waals surface area (Å²) in [5.41, 5.74) is 5.99. The zero-order chi connectivity index (χ0) is 8.27. The van der Waals surface area contributed by atoms with E-state index >= 15 is 0 Å². The van der Waals surface area contributed by atoms with E-state index < -0.39 is 6.04 Å². The molecular formula is C6H8N4O. The lowest BCUT2D eigenvalue weighted by molar-refractivity contribution is 0.909. The van der Waals surface area contributed by atoms with E-state index in [1.54, 1.807) is 0 Å². The van der Waals surface area contributed by atoms with Gasteiger partial charge in [-0.3, -0.25) is 5.10 Å². The van der Waals surface area contributed by atoms with Gasteiger partial charge in [-0.2, -0.15) is 5.10 Å². The van der Waals surface area contributed by atoms with Gasteiger partial charge in [0.1, 0.15) is 11.9 Å². The predicted octanol–water partition coefficient (Wildman–Crippen LogP) is 0.985. The number of nitrogens with two attached hydrogens (primary N) is 1. The highest BCUT2D eigenvalue weighted by Crippen LogP contribution is 2.21. The largest absolute Gasteiger partial charge is 0.384 e. The van der Waals surface area contributed by atoms with E-state index in [0.29, 0.717) is 11.4 Å². The number of rotatable bonds is 3. The van der Waals surface area contributed by atoms with Crippen molar-refractivity contribution in [3.8, 4) is 0 Å². The molecule has 5 nitrogen and oxygen atoms in total. The molecule has 0 spiro atoms. The molecule has 0 aliphatic carbocycles. The lowest BCUT2D eigenvalue weighted by Crippen LogP contribution is -1.94. The number of hydrogen-bond acceptors (Lipinski definition) is 4. The first-order valence-electron chi connectivity index (χ1n) is 3.03. The molecule has 0 radical (unpaired) electrons. The summed E-state index contributed by atoms with van der Waals surface area (Å²) >= 11 is 0. The van der Waals surface area contributed by atoms with Crippen LogP contribution in [0.1, 0.15) is 11.6 Å². The molecule has 0 aromatic carbocycles. The van der Waals surface area contributed by atoms with Gasteiger partial charge < -0.3 is 5.73 Å². The second kappa shape index (κ2) is 2.96. The minimum atomic E-state index is -0.603. The van der Waals surface area contributed by atoms with Gasteiger partial charge in [0.25, 0.3) is 0 Å². The molecule has 0 fully saturated rings. The number of nitrogens with one attached hydrogen (secondary N) is 1. The fourth-order valence-electron chi connectivity index (χ4n) is 0.768. The van der Waals surface area contributed by atoms with Gasteiger partial charge in [0.05, 0.1) is 6.20 Å². The van der Waals surface area contributed by atoms with Crippen LogP contribution in [0, 0.1) is 4.91 Å². The van der Waals surface area contributed by atoms with Gasteiger partial charge in [0, 0.05) is 5.56 Å². The SMILES string of the molecule is C=CC(N=O)c1cn[nH]c1N. The first-order valence-corrected chi connectivity index (χ1v) is 3.03. The van der Waals surface area contributed by atoms with Crippen LogP contribution in [0.3, 0.4) is 0 Å². The lowest BCUT2D eigenvalue weighted by atomic mass is 10.1. The number of anilines is 1. The minimum absolute atomic E-state index is 0.356. The zero-order valence-corrected chi connectivity index (χ0v) is 5.82. The summed E-state index contributed by atoms with van der Waals surface area (Å²) in [6.45, 7) is 3.44. The Morgan fingerprint density at radius 1 is 1.91 bits per heavy atom. The van der Waals surface area contributed by atoms with Crippen LogP contribution in [0.25, 0.3) is 0 Å². The van der Waals surface area contributed by atoms with Gasteiger partial charge in [-0.15, -0.1) is 11.5 Å². The van der Waals surface area contributed by atoms with Crippen molar-refractivity contribution in [2.45, 2.75) is 6.04 Å². The molecule has 0 aliphatic heterocycles. The summed E-state index contributed by atoms with van der Waals surface area (Å²) in [5.74, 6) is 0.356. The van der Waals surface area contributed by atoms with E-state index in [-0.39, 0.29) is 0 Å². The van der Waals surface area contributed by atoms with Crippen molar-refractivity contribution in [3.05, 3.63) is 29.3 Å². The highest BCUT2D eigenvalue weighted by atomic mass is 16.3. The van der Waals surface area contributed by atoms with Gasteiger partial charge in [0.2, 0.25) is 0 Å². The second-order valence-electron chi connectivity index (χ2n) is 2.02. The maximum Gasteiger partial charge on any atom is 0.140 e. The van der Waals surface area contributed by atoms with Crippen molar-refractivity contribution in [2.24, 2.45) is 5.18 Å². The third-order valence-electron chi connectivity index (χ3n) is 1.36. The Morgan fingerprint density at radius 3 is 3.00 bits per heavy atom. The molecule has 0 bridgehead atoms. The van der Waals surface area contributed by atoms with E-state index in [0.717, 1.165) is 0 Å². The maximum atomic E-state index is 10.2. The van der Waals surface area contributed by atoms with E-state index in [2.05, 4.69) is 22.0 Å². The maximum absolute atomic E-state index is 10.2. The molecule has 3 N–H and O–H groups in total. The minimum Gasteiger partial charge on any atom is -0.384 e. The van der Waals surface area contributed by atoms with Crippen molar-refractivity contribution in [1.82, 2.24) is 10.2 Å². The van der Waals surface area contributed by atoms with Crippen LogP contribution in [0.2, 0.25) is 0 Å². The predicted molar refractivity (Wildman–Crippen MR) is 41.7 cm³/mol. The molecule has 11 heavy (non-hydrogen) atoms. The van der Waals surface area contributed by atoms with Crippen LogP contribution in [0.15, 0.2) is 24.0 Å². The highest BCUT2D eigenvalue weighted by Gasteiger charge is 2.11. The van der Waals surface area contributed by atoms with Gasteiger partial charge >= 0.3 is 0 Å². The van der Waals surface area contributed by atoms with Crippen molar-refractivity contribution >= 4 is 5.82 Å². The van der Waals surface area contributed by atoms with Crippen LogP contribution in [-0.2, 0) is 0 Å². The smallest absolute Gasteiger partial charge is 0.140 e. The fraction of sp³-hybridized carbons (Fsp3) is 0.167. The average molecular weight is 152 g/mol. The van der Waals surface area contributed by atoms with E-state index in [9.17, 15) is 4.91 Å². The lowest BCUT2D eigenvalue weighted by Gasteiger charge is -1.98. The number of nitroso groups, excluding NO2 is 1. The number of H-pyrrole nitrogens is 1. The molecule has 0 amide bonds. The normalized spacial score (nSPS) is 12.4. The van der Waals surface area contributed by atoms with Gasteiger partial charge in [-0.25, -0.2) is 0 Å². The monoisotopic (exact) mass is 152 g/mol. The first kappa shape index (κ1) is 7.46. The van der Waals surface area contributed by atoms with Crippen molar-refractivity contribution in [2.75, 3.05) is 5.73 Å². The van der Waals surface area contributed by atoms with Crippen molar-refractivity contribution < 1.29 is 0 Å². The van der Waals surface area contributed by atoms with Crippen molar-refractivity contribution in [3.63, 3.8) is 0 Å². The standard InChI is InChI=1S/C6H8N4O/c1-2-5(10-11)4-3-8-9-6(4)7/h2-3,5H,1H2,(H3,7,8,9). The Kier molecular flexibility index (Phi) is 2.00. The number of aromatic nitrogens is 2. The molecule has 1 heterocycles. The molecule has 1 aromatic heterocycles. The van der Waals surface area contributed by atoms with Gasteiger partial charge in [0.15, 0.2) is 0 Å². The molecule has 0 aliphatic rings. The Morgan fingerprint density at radius 2 is 2.64 bits per heavy atom. The first-order chi connectivity index (χ1) is 5.29. The molecule has 1 rings (SSSR count). The number of nitrogens with zero attached hydrogens (tertiary/aromatic N) is 2. The third kappa shape index (κ3) is 1.26. The molecular weight excluding hydrogens is 144 g/mol. The summed E-state index contributed by atoms with van der Waals surface area (Å²) in [7, 11) is 0. The molecule has 1 unspecified atom stereocenters. The summed E-state index contributed by atoms with van der Waals surface area (Å²) in [6, 6.07) is -0.603. The number of aromatic amines is 1. The van der Waals surface area contributed by atoms with Crippen LogP contribution in [-0.4, -0.2) is 10.2 Å². The quantitative estimate of drug-likeness (QED) is 0.500. The summed E-state index contributed by atoms with van der Waals surface area (Å²) in [6.07, 6.45) is 2.87. The fourth-order valence-corrected chi connectivity index (χ4v) is 0.768. The Labute approximate surface area is 63.3 Å². The average Bonchev–Trinajstić information content (AvgIpc) is 2.40. The Balaban J connectivity index is 2.98. The molecule has 1 atom stereocenters. The second-order valence-corrected chi connectivity index (χ2v) is 2.02. The summed E-state index contributed by atoms with van der Waals surface area (Å²) < 4.78 is 0. The van der Waals surface area contributed by atoms with Crippen molar-refractivity contribution in [1.29, 1.82) is 0 Å². The summed E-state index contributed by atoms with van der Waals surface area (Å²) in [4.78, 5) is 10.2. The van der Waals surface area contributed by atoms with E-state index in [1.807, 2.05) is 0 Å². The Hall–Kier alpha value is -1.65. The van der Waals surface area contributed by atoms with Crippen LogP contribution < -0.4 is 5.73 Å². The molecule has 5 heteroatoms. The number of hydrogen-bond donors (Lipinski definition) is 2. The highest BCUT2D eigenvalue weighted by molar-refractivity contribution is 5.41. The topological polar surface area (TPSA) is 84.1 Å². The summed E-state index contributed by atoms with van der Waals surface area (Å²) in [5, 5.41) is 8.94. The molecule has 1 aromatic rings. The Bertz CT molecular complexity index is 259. The van der Waals surface area contributed by atoms with E-state index in [4.69, 9.17) is 5.73 Å². The van der Waals surface area contributed by atoms with Gasteiger partial charge in [-0.05, 0) is 0 Å². The van der Waals surface area contributed by atoms with Crippen LogP contribution in [0.4, 0.5) is 5.82 Å². The number of nitrogen functional groups attached to an aromatic ring is 1. The molecule has 58 valence electrons. The molecule has 0 saturated carbocycles. The van der Waals surface area contributed by atoms with E-state index in [1.165, 1.54) is 12.3 Å². The van der Waals surface area contributed by atoms with Crippen LogP contribution in [0.5, 0.6) is 0 Å². The van der Waals surface area contributed by atoms with Gasteiger partial charge in [-0.1, -0.05) is 11.3 Å². The molecule has 0 saturated heterocycles. The van der Waals surface area contributed by atoms with Crippen LogP contribution >= 0.6 is 0 Å². The zero-order valence-electron chi connectivity index (χ0n) is 5.82. The third-order valence-corrected chi connectivity index (χ3v) is 1.36.